The van der Waals surface area contributed by atoms with E-state index in [1.807, 2.05) is 6.20 Å². The summed E-state index contributed by atoms with van der Waals surface area (Å²) in [5, 5.41) is 6.51. The molecule has 1 heterocycles. The summed E-state index contributed by atoms with van der Waals surface area (Å²) in [4.78, 5) is 13.7. The van der Waals surface area contributed by atoms with Gasteiger partial charge in [-0.3, -0.25) is 14.4 Å². The number of alkyl halides is 3. The highest BCUT2D eigenvalue weighted by atomic mass is 19.4. The number of amides is 1. The standard InChI is InChI=1S/C15H17F3N4O/c1-21(8-11-7-19-22(2)9-11)10-14(23)20-13-5-3-4-12(6-13)15(16,17)18/h3-7,9H,8,10H2,1-2H3,(H,20,23). The zero-order valence-electron chi connectivity index (χ0n) is 12.8. The lowest BCUT2D eigenvalue weighted by atomic mass is 10.2. The van der Waals surface area contributed by atoms with Crippen molar-refractivity contribution in [2.45, 2.75) is 12.7 Å². The van der Waals surface area contributed by atoms with Crippen molar-refractivity contribution in [3.8, 4) is 0 Å². The topological polar surface area (TPSA) is 50.2 Å². The molecule has 8 heteroatoms. The van der Waals surface area contributed by atoms with Crippen LogP contribution in [0.25, 0.3) is 0 Å². The van der Waals surface area contributed by atoms with Crippen molar-refractivity contribution in [3.63, 3.8) is 0 Å². The van der Waals surface area contributed by atoms with E-state index >= 15 is 0 Å². The van der Waals surface area contributed by atoms with Gasteiger partial charge in [0.25, 0.3) is 0 Å². The fourth-order valence-corrected chi connectivity index (χ4v) is 2.14. The van der Waals surface area contributed by atoms with Crippen molar-refractivity contribution < 1.29 is 18.0 Å². The maximum atomic E-state index is 12.6. The second kappa shape index (κ2) is 6.82. The van der Waals surface area contributed by atoms with E-state index in [0.29, 0.717) is 6.54 Å². The highest BCUT2D eigenvalue weighted by Gasteiger charge is 2.30. The zero-order chi connectivity index (χ0) is 17.0. The zero-order valence-corrected chi connectivity index (χ0v) is 12.8. The SMILES string of the molecule is CN(CC(=O)Nc1cccc(C(F)(F)F)c1)Cc1cnn(C)c1. The Morgan fingerprint density at radius 2 is 2.13 bits per heavy atom. The first kappa shape index (κ1) is 17.0. The molecule has 1 amide bonds. The van der Waals surface area contributed by atoms with Gasteiger partial charge in [0, 0.05) is 31.0 Å². The number of nitrogens with one attached hydrogen (secondary N) is 1. The average molecular weight is 326 g/mol. The molecular weight excluding hydrogens is 309 g/mol. The first-order valence-electron chi connectivity index (χ1n) is 6.87. The highest BCUT2D eigenvalue weighted by Crippen LogP contribution is 2.30. The third-order valence-electron chi connectivity index (χ3n) is 3.10. The van der Waals surface area contributed by atoms with E-state index in [4.69, 9.17) is 0 Å². The average Bonchev–Trinajstić information content (AvgIpc) is 2.83. The smallest absolute Gasteiger partial charge is 0.325 e. The van der Waals surface area contributed by atoms with Crippen molar-refractivity contribution in [1.82, 2.24) is 14.7 Å². The second-order valence-corrected chi connectivity index (χ2v) is 5.32. The lowest BCUT2D eigenvalue weighted by Crippen LogP contribution is -2.29. The van der Waals surface area contributed by atoms with Gasteiger partial charge in [-0.25, -0.2) is 0 Å². The van der Waals surface area contributed by atoms with Crippen LogP contribution in [0.15, 0.2) is 36.7 Å². The molecule has 0 aliphatic rings. The number of aryl methyl sites for hydroxylation is 1. The lowest BCUT2D eigenvalue weighted by molar-refractivity contribution is -0.137. The molecule has 0 aliphatic heterocycles. The number of hydrogen-bond acceptors (Lipinski definition) is 3. The summed E-state index contributed by atoms with van der Waals surface area (Å²) < 4.78 is 39.6. The van der Waals surface area contributed by atoms with Gasteiger partial charge in [-0.1, -0.05) is 6.07 Å². The van der Waals surface area contributed by atoms with Gasteiger partial charge in [-0.05, 0) is 25.2 Å². The molecule has 0 saturated heterocycles. The molecule has 0 spiro atoms. The Bertz CT molecular complexity index is 681. The third-order valence-corrected chi connectivity index (χ3v) is 3.10. The summed E-state index contributed by atoms with van der Waals surface area (Å²) >= 11 is 0. The van der Waals surface area contributed by atoms with Gasteiger partial charge in [-0.15, -0.1) is 0 Å². The molecule has 1 N–H and O–H groups in total. The van der Waals surface area contributed by atoms with Crippen LogP contribution in [0, 0.1) is 0 Å². The first-order chi connectivity index (χ1) is 10.7. The number of halogens is 3. The number of carbonyl (C=O) groups excluding carboxylic acids is 1. The molecule has 1 aromatic carbocycles. The summed E-state index contributed by atoms with van der Waals surface area (Å²) in [6.45, 7) is 0.578. The molecule has 124 valence electrons. The van der Waals surface area contributed by atoms with Crippen molar-refractivity contribution in [3.05, 3.63) is 47.8 Å². The number of anilines is 1. The minimum Gasteiger partial charge on any atom is -0.325 e. The Kier molecular flexibility index (Phi) is 5.05. The van der Waals surface area contributed by atoms with Crippen LogP contribution in [0.2, 0.25) is 0 Å². The van der Waals surface area contributed by atoms with Crippen LogP contribution >= 0.6 is 0 Å². The van der Waals surface area contributed by atoms with Gasteiger partial charge in [-0.2, -0.15) is 18.3 Å². The maximum absolute atomic E-state index is 12.6. The molecule has 0 atom stereocenters. The van der Waals surface area contributed by atoms with Gasteiger partial charge in [0.05, 0.1) is 18.3 Å². The third kappa shape index (κ3) is 5.10. The van der Waals surface area contributed by atoms with E-state index in [9.17, 15) is 18.0 Å². The number of aromatic nitrogens is 2. The molecule has 5 nitrogen and oxygen atoms in total. The molecule has 0 unspecified atom stereocenters. The van der Waals surface area contributed by atoms with Crippen molar-refractivity contribution in [1.29, 1.82) is 0 Å². The highest BCUT2D eigenvalue weighted by molar-refractivity contribution is 5.92. The quantitative estimate of drug-likeness (QED) is 0.918. The molecular formula is C15H17F3N4O. The monoisotopic (exact) mass is 326 g/mol. The minimum atomic E-state index is -4.43. The van der Waals surface area contributed by atoms with E-state index < -0.39 is 11.7 Å². The molecule has 0 saturated carbocycles. The van der Waals surface area contributed by atoms with Crippen molar-refractivity contribution >= 4 is 11.6 Å². The van der Waals surface area contributed by atoms with Crippen LogP contribution in [0.1, 0.15) is 11.1 Å². The van der Waals surface area contributed by atoms with E-state index in [1.165, 1.54) is 12.1 Å². The van der Waals surface area contributed by atoms with Gasteiger partial charge in [0.2, 0.25) is 5.91 Å². The molecule has 23 heavy (non-hydrogen) atoms. The fraction of sp³-hybridized carbons (Fsp3) is 0.333. The number of rotatable bonds is 5. The number of benzene rings is 1. The Labute approximate surface area is 131 Å². The second-order valence-electron chi connectivity index (χ2n) is 5.32. The Hall–Kier alpha value is -2.35. The van der Waals surface area contributed by atoms with Gasteiger partial charge in [0.1, 0.15) is 0 Å². The molecule has 0 bridgehead atoms. The Balaban J connectivity index is 1.91. The van der Waals surface area contributed by atoms with E-state index in [1.54, 1.807) is 29.9 Å². The summed E-state index contributed by atoms with van der Waals surface area (Å²) in [6.07, 6.45) is -0.903. The van der Waals surface area contributed by atoms with Crippen LogP contribution in [0.5, 0.6) is 0 Å². The molecule has 1 aromatic heterocycles. The van der Waals surface area contributed by atoms with Crippen molar-refractivity contribution in [2.75, 3.05) is 18.9 Å². The van der Waals surface area contributed by atoms with Crippen LogP contribution in [-0.2, 0) is 24.6 Å². The Morgan fingerprint density at radius 1 is 1.39 bits per heavy atom. The minimum absolute atomic E-state index is 0.0607. The first-order valence-corrected chi connectivity index (χ1v) is 6.87. The number of nitrogens with zero attached hydrogens (tertiary/aromatic N) is 3. The molecule has 0 aliphatic carbocycles. The van der Waals surface area contributed by atoms with E-state index in [2.05, 4.69) is 10.4 Å². The fourth-order valence-electron chi connectivity index (χ4n) is 2.14. The molecule has 2 rings (SSSR count). The van der Waals surface area contributed by atoms with E-state index in [0.717, 1.165) is 17.7 Å². The largest absolute Gasteiger partial charge is 0.416 e. The van der Waals surface area contributed by atoms with E-state index in [-0.39, 0.29) is 18.1 Å². The van der Waals surface area contributed by atoms with Crippen LogP contribution in [0.3, 0.4) is 0 Å². The number of carbonyl (C=O) groups is 1. The maximum Gasteiger partial charge on any atom is 0.416 e. The van der Waals surface area contributed by atoms with Gasteiger partial charge < -0.3 is 5.32 Å². The Morgan fingerprint density at radius 3 is 2.74 bits per heavy atom. The number of likely N-dealkylation sites (N-methyl/N-ethyl adjacent to an activating group) is 1. The van der Waals surface area contributed by atoms with Gasteiger partial charge >= 0.3 is 6.18 Å². The summed E-state index contributed by atoms with van der Waals surface area (Å²) in [7, 11) is 3.54. The molecule has 2 aromatic rings. The van der Waals surface area contributed by atoms with Crippen molar-refractivity contribution in [2.24, 2.45) is 7.05 Å². The lowest BCUT2D eigenvalue weighted by Gasteiger charge is -2.15. The summed E-state index contributed by atoms with van der Waals surface area (Å²) in [6, 6.07) is 4.56. The van der Waals surface area contributed by atoms with Crippen LogP contribution in [0.4, 0.5) is 18.9 Å². The predicted molar refractivity (Wildman–Crippen MR) is 79.6 cm³/mol. The number of hydrogen-bond donors (Lipinski definition) is 1. The summed E-state index contributed by atoms with van der Waals surface area (Å²) in [5.41, 5.74) is 0.278. The molecule has 0 radical (unpaired) electrons. The van der Waals surface area contributed by atoms with Crippen LogP contribution in [-0.4, -0.2) is 34.2 Å². The van der Waals surface area contributed by atoms with Crippen LogP contribution < -0.4 is 5.32 Å². The normalized spacial score (nSPS) is 11.7. The predicted octanol–water partition coefficient (Wildman–Crippen LogP) is 2.51. The molecule has 0 fully saturated rings. The summed E-state index contributed by atoms with van der Waals surface area (Å²) in [5.74, 6) is -0.379. The van der Waals surface area contributed by atoms with Gasteiger partial charge in [0.15, 0.2) is 0 Å².